The van der Waals surface area contributed by atoms with E-state index in [9.17, 15) is 9.59 Å². The predicted molar refractivity (Wildman–Crippen MR) is 78.5 cm³/mol. The van der Waals surface area contributed by atoms with Crippen LogP contribution in [-0.2, 0) is 16.1 Å². The third-order valence-corrected chi connectivity index (χ3v) is 3.53. The minimum Gasteiger partial charge on any atom is -0.350 e. The molecule has 0 saturated carbocycles. The Morgan fingerprint density at radius 3 is 2.85 bits per heavy atom. The first-order valence-electron chi connectivity index (χ1n) is 6.93. The van der Waals surface area contributed by atoms with Crippen LogP contribution in [0.2, 0.25) is 0 Å². The van der Waals surface area contributed by atoms with Gasteiger partial charge in [-0.1, -0.05) is 24.6 Å². The molecule has 0 radical (unpaired) electrons. The Kier molecular flexibility index (Phi) is 4.39. The largest absolute Gasteiger partial charge is 0.350 e. The van der Waals surface area contributed by atoms with Gasteiger partial charge in [-0.05, 0) is 32.0 Å². The average Bonchev–Trinajstić information content (AvgIpc) is 2.41. The molecule has 1 unspecified atom stereocenters. The molecule has 2 amide bonds. The summed E-state index contributed by atoms with van der Waals surface area (Å²) in [5.41, 5.74) is 3.23. The molecule has 1 atom stereocenters. The van der Waals surface area contributed by atoms with Crippen LogP contribution in [0.5, 0.6) is 0 Å². The summed E-state index contributed by atoms with van der Waals surface area (Å²) in [5, 5.41) is 5.66. The van der Waals surface area contributed by atoms with E-state index in [0.29, 0.717) is 0 Å². The number of imide groups is 1. The number of carbonyl (C=O) groups excluding carboxylic acids is 2. The van der Waals surface area contributed by atoms with Crippen LogP contribution in [0.15, 0.2) is 18.2 Å². The van der Waals surface area contributed by atoms with Gasteiger partial charge < -0.3 is 10.2 Å². The van der Waals surface area contributed by atoms with E-state index in [1.165, 1.54) is 5.56 Å². The van der Waals surface area contributed by atoms with E-state index in [4.69, 9.17) is 0 Å². The molecule has 108 valence electrons. The van der Waals surface area contributed by atoms with E-state index in [2.05, 4.69) is 23.6 Å². The van der Waals surface area contributed by atoms with Crippen LogP contribution in [0.3, 0.4) is 0 Å². The van der Waals surface area contributed by atoms with Crippen molar-refractivity contribution in [3.05, 3.63) is 29.3 Å². The van der Waals surface area contributed by atoms with E-state index < -0.39 is 0 Å². The Morgan fingerprint density at radius 2 is 2.15 bits per heavy atom. The van der Waals surface area contributed by atoms with Crippen LogP contribution >= 0.6 is 0 Å². The van der Waals surface area contributed by atoms with Crippen LogP contribution in [0, 0.1) is 6.92 Å². The number of rotatable bonds is 4. The molecule has 1 aromatic carbocycles. The van der Waals surface area contributed by atoms with Gasteiger partial charge in [-0.15, -0.1) is 0 Å². The number of nitrogens with zero attached hydrogens (tertiary/aromatic N) is 1. The molecule has 1 aromatic rings. The highest BCUT2D eigenvalue weighted by atomic mass is 16.2. The highest BCUT2D eigenvalue weighted by Gasteiger charge is 2.31. The second-order valence-corrected chi connectivity index (χ2v) is 5.13. The van der Waals surface area contributed by atoms with Gasteiger partial charge in [0.15, 0.2) is 0 Å². The number of anilines is 1. The van der Waals surface area contributed by atoms with E-state index in [0.717, 1.165) is 24.3 Å². The molecule has 5 heteroatoms. The third kappa shape index (κ3) is 2.99. The van der Waals surface area contributed by atoms with Crippen LogP contribution in [0.1, 0.15) is 25.0 Å². The number of hydrogen-bond acceptors (Lipinski definition) is 4. The summed E-state index contributed by atoms with van der Waals surface area (Å²) in [4.78, 5) is 25.3. The summed E-state index contributed by atoms with van der Waals surface area (Å²) in [5.74, 6) is -0.487. The molecule has 1 aliphatic rings. The highest BCUT2D eigenvalue weighted by molar-refractivity contribution is 6.04. The number of benzene rings is 1. The maximum Gasteiger partial charge on any atom is 0.249 e. The molecular formula is C15H21N3O2. The molecule has 0 bridgehead atoms. The van der Waals surface area contributed by atoms with Gasteiger partial charge in [-0.25, -0.2) is 0 Å². The lowest BCUT2D eigenvalue weighted by atomic mass is 10.1. The van der Waals surface area contributed by atoms with Gasteiger partial charge in [0.25, 0.3) is 0 Å². The number of amides is 2. The van der Waals surface area contributed by atoms with Crippen LogP contribution in [0.25, 0.3) is 0 Å². The molecule has 5 nitrogen and oxygen atoms in total. The van der Waals surface area contributed by atoms with Crippen molar-refractivity contribution in [2.75, 3.05) is 18.0 Å². The Hall–Kier alpha value is -1.88. The maximum absolute atomic E-state index is 11.8. The van der Waals surface area contributed by atoms with Crippen LogP contribution < -0.4 is 15.5 Å². The van der Waals surface area contributed by atoms with Gasteiger partial charge in [0.1, 0.15) is 6.04 Å². The monoisotopic (exact) mass is 275 g/mol. The van der Waals surface area contributed by atoms with Crippen molar-refractivity contribution >= 4 is 17.5 Å². The van der Waals surface area contributed by atoms with Gasteiger partial charge in [0.05, 0.1) is 6.54 Å². The fraction of sp³-hybridized carbons (Fsp3) is 0.467. The fourth-order valence-electron chi connectivity index (χ4n) is 2.40. The minimum absolute atomic E-state index is 0.217. The van der Waals surface area contributed by atoms with Crippen molar-refractivity contribution in [2.45, 2.75) is 33.4 Å². The summed E-state index contributed by atoms with van der Waals surface area (Å²) < 4.78 is 0. The standard InChI is InChI=1S/C15H21N3O2/c1-4-16-8-12-7-10(2)5-6-13(12)18-9-14(19)17-15(20)11(18)3/h5-7,11,16H,4,8-9H2,1-3H3,(H,17,19,20). The quantitative estimate of drug-likeness (QED) is 0.803. The molecule has 0 spiro atoms. The number of hydrogen-bond donors (Lipinski definition) is 2. The zero-order valence-electron chi connectivity index (χ0n) is 12.2. The molecule has 20 heavy (non-hydrogen) atoms. The van der Waals surface area contributed by atoms with Gasteiger partial charge in [0, 0.05) is 12.2 Å². The molecular weight excluding hydrogens is 254 g/mol. The molecule has 1 saturated heterocycles. The molecule has 2 rings (SSSR count). The van der Waals surface area contributed by atoms with Crippen molar-refractivity contribution in [3.63, 3.8) is 0 Å². The Balaban J connectivity index is 2.34. The highest BCUT2D eigenvalue weighted by Crippen LogP contribution is 2.25. The molecule has 1 fully saturated rings. The van der Waals surface area contributed by atoms with Crippen molar-refractivity contribution in [1.82, 2.24) is 10.6 Å². The van der Waals surface area contributed by atoms with Gasteiger partial charge in [0.2, 0.25) is 11.8 Å². The van der Waals surface area contributed by atoms with Crippen molar-refractivity contribution in [2.24, 2.45) is 0 Å². The van der Waals surface area contributed by atoms with Crippen molar-refractivity contribution < 1.29 is 9.59 Å². The topological polar surface area (TPSA) is 61.4 Å². The van der Waals surface area contributed by atoms with Crippen molar-refractivity contribution in [1.29, 1.82) is 0 Å². The Morgan fingerprint density at radius 1 is 1.40 bits per heavy atom. The lowest BCUT2D eigenvalue weighted by Gasteiger charge is -2.35. The summed E-state index contributed by atoms with van der Waals surface area (Å²) in [7, 11) is 0. The lowest BCUT2D eigenvalue weighted by molar-refractivity contribution is -0.132. The number of nitrogens with one attached hydrogen (secondary N) is 2. The van der Waals surface area contributed by atoms with Gasteiger partial charge in [-0.3, -0.25) is 14.9 Å². The van der Waals surface area contributed by atoms with E-state index >= 15 is 0 Å². The van der Waals surface area contributed by atoms with Gasteiger partial charge in [-0.2, -0.15) is 0 Å². The second-order valence-electron chi connectivity index (χ2n) is 5.13. The third-order valence-electron chi connectivity index (χ3n) is 3.53. The summed E-state index contributed by atoms with van der Waals surface area (Å²) >= 11 is 0. The molecule has 0 aliphatic carbocycles. The lowest BCUT2D eigenvalue weighted by Crippen LogP contribution is -2.57. The number of carbonyl (C=O) groups is 2. The van der Waals surface area contributed by atoms with E-state index in [1.54, 1.807) is 0 Å². The maximum atomic E-state index is 11.8. The second kappa shape index (κ2) is 6.05. The average molecular weight is 275 g/mol. The first-order valence-corrected chi connectivity index (χ1v) is 6.93. The van der Waals surface area contributed by atoms with Gasteiger partial charge >= 0.3 is 0 Å². The smallest absolute Gasteiger partial charge is 0.249 e. The Bertz CT molecular complexity index is 528. The zero-order valence-corrected chi connectivity index (χ0v) is 12.2. The molecule has 1 heterocycles. The van der Waals surface area contributed by atoms with E-state index in [1.807, 2.05) is 30.9 Å². The predicted octanol–water partition coefficient (Wildman–Crippen LogP) is 0.956. The SMILES string of the molecule is CCNCc1cc(C)ccc1N1CC(=O)NC(=O)C1C. The zero-order chi connectivity index (χ0) is 14.7. The summed E-state index contributed by atoms with van der Waals surface area (Å²) in [6.07, 6.45) is 0. The normalized spacial score (nSPS) is 19.1. The Labute approximate surface area is 119 Å². The van der Waals surface area contributed by atoms with Crippen LogP contribution in [0.4, 0.5) is 5.69 Å². The first kappa shape index (κ1) is 14.5. The van der Waals surface area contributed by atoms with E-state index in [-0.39, 0.29) is 24.4 Å². The van der Waals surface area contributed by atoms with Crippen molar-refractivity contribution in [3.8, 4) is 0 Å². The molecule has 0 aromatic heterocycles. The van der Waals surface area contributed by atoms with Crippen LogP contribution in [-0.4, -0.2) is 30.9 Å². The molecule has 1 aliphatic heterocycles. The molecule has 2 N–H and O–H groups in total. The summed E-state index contributed by atoms with van der Waals surface area (Å²) in [6, 6.07) is 5.76. The minimum atomic E-state index is -0.337. The summed E-state index contributed by atoms with van der Waals surface area (Å²) in [6.45, 7) is 7.73. The number of aryl methyl sites for hydroxylation is 1. The number of piperazine rings is 1. The first-order chi connectivity index (χ1) is 9.52. The fourth-order valence-corrected chi connectivity index (χ4v) is 2.40.